The van der Waals surface area contributed by atoms with E-state index in [1.165, 1.54) is 0 Å². The average molecular weight is 291 g/mol. The Hall–Kier alpha value is -2.75. The molecule has 2 heterocycles. The molecule has 0 spiro atoms. The summed E-state index contributed by atoms with van der Waals surface area (Å²) in [7, 11) is 0. The van der Waals surface area contributed by atoms with Gasteiger partial charge in [0.1, 0.15) is 6.61 Å². The molecule has 22 heavy (non-hydrogen) atoms. The summed E-state index contributed by atoms with van der Waals surface area (Å²) in [6, 6.07) is 15.7. The van der Waals surface area contributed by atoms with E-state index in [4.69, 9.17) is 4.74 Å². The summed E-state index contributed by atoms with van der Waals surface area (Å²) in [4.78, 5) is 13.1. The van der Waals surface area contributed by atoms with Crippen LogP contribution in [-0.4, -0.2) is 15.0 Å². The van der Waals surface area contributed by atoms with Gasteiger partial charge in [-0.15, -0.1) is 0 Å². The Balaban J connectivity index is 1.85. The Labute approximate surface area is 129 Å². The first-order chi connectivity index (χ1) is 10.8. The molecule has 0 fully saturated rings. The van der Waals surface area contributed by atoms with Crippen LogP contribution in [0.5, 0.6) is 5.88 Å². The summed E-state index contributed by atoms with van der Waals surface area (Å²) in [5.74, 6) is 1.27. The predicted molar refractivity (Wildman–Crippen MR) is 85.4 cm³/mol. The van der Waals surface area contributed by atoms with Gasteiger partial charge in [0.05, 0.1) is 0 Å². The fourth-order valence-corrected chi connectivity index (χ4v) is 2.09. The molecule has 0 bridgehead atoms. The molecule has 110 valence electrons. The van der Waals surface area contributed by atoms with E-state index in [-0.39, 0.29) is 0 Å². The second kappa shape index (κ2) is 6.80. The van der Waals surface area contributed by atoms with Crippen LogP contribution in [0.25, 0.3) is 11.4 Å². The van der Waals surface area contributed by atoms with E-state index in [1.807, 2.05) is 48.5 Å². The maximum Gasteiger partial charge on any atom is 0.217 e. The average Bonchev–Trinajstić information content (AvgIpc) is 2.61. The maximum absolute atomic E-state index is 5.83. The summed E-state index contributed by atoms with van der Waals surface area (Å²) in [5, 5.41) is 0. The van der Waals surface area contributed by atoms with Gasteiger partial charge in [-0.05, 0) is 24.1 Å². The lowest BCUT2D eigenvalue weighted by Crippen LogP contribution is -2.01. The van der Waals surface area contributed by atoms with Crippen LogP contribution >= 0.6 is 0 Å². The first kappa shape index (κ1) is 14.2. The van der Waals surface area contributed by atoms with Crippen LogP contribution in [0.2, 0.25) is 0 Å². The Bertz CT molecular complexity index is 730. The number of rotatable bonds is 5. The van der Waals surface area contributed by atoms with Crippen molar-refractivity contribution in [3.8, 4) is 17.3 Å². The monoisotopic (exact) mass is 291 g/mol. The number of ether oxygens (including phenoxy) is 1. The van der Waals surface area contributed by atoms with E-state index in [0.29, 0.717) is 18.3 Å². The van der Waals surface area contributed by atoms with Crippen molar-refractivity contribution in [2.75, 3.05) is 0 Å². The number of nitrogens with zero attached hydrogens (tertiary/aromatic N) is 3. The normalized spacial score (nSPS) is 10.4. The third-order valence-corrected chi connectivity index (χ3v) is 3.29. The molecular formula is C18H17N3O. The third kappa shape index (κ3) is 3.47. The number of pyridine rings is 1. The Kier molecular flexibility index (Phi) is 4.39. The van der Waals surface area contributed by atoms with Crippen LogP contribution in [0.15, 0.2) is 60.9 Å². The summed E-state index contributed by atoms with van der Waals surface area (Å²) in [6.07, 6.45) is 4.31. The van der Waals surface area contributed by atoms with Gasteiger partial charge in [-0.2, -0.15) is 4.98 Å². The predicted octanol–water partition coefficient (Wildman–Crippen LogP) is 3.68. The van der Waals surface area contributed by atoms with E-state index < -0.39 is 0 Å². The largest absolute Gasteiger partial charge is 0.473 e. The van der Waals surface area contributed by atoms with Gasteiger partial charge in [-0.3, -0.25) is 4.98 Å². The van der Waals surface area contributed by atoms with Crippen LogP contribution in [0.1, 0.15) is 18.2 Å². The highest BCUT2D eigenvalue weighted by atomic mass is 16.5. The standard InChI is InChI=1S/C18H17N3O/c1-2-16-12-17(22-13-14-6-4-3-5-7-14)21-18(20-16)15-8-10-19-11-9-15/h3-12H,2,13H2,1H3. The van der Waals surface area contributed by atoms with Crippen LogP contribution in [0.3, 0.4) is 0 Å². The molecule has 4 nitrogen and oxygen atoms in total. The molecule has 3 aromatic rings. The van der Waals surface area contributed by atoms with Crippen molar-refractivity contribution in [2.45, 2.75) is 20.0 Å². The highest BCUT2D eigenvalue weighted by molar-refractivity contribution is 5.54. The van der Waals surface area contributed by atoms with Gasteiger partial charge >= 0.3 is 0 Å². The summed E-state index contributed by atoms with van der Waals surface area (Å²) >= 11 is 0. The molecule has 0 aliphatic carbocycles. The smallest absolute Gasteiger partial charge is 0.217 e. The van der Waals surface area contributed by atoms with E-state index in [1.54, 1.807) is 12.4 Å². The summed E-state index contributed by atoms with van der Waals surface area (Å²) in [6.45, 7) is 2.57. The zero-order chi connectivity index (χ0) is 15.2. The number of hydrogen-bond acceptors (Lipinski definition) is 4. The SMILES string of the molecule is CCc1cc(OCc2ccccc2)nc(-c2ccncc2)n1. The first-order valence-electron chi connectivity index (χ1n) is 7.30. The Morgan fingerprint density at radius 2 is 1.73 bits per heavy atom. The zero-order valence-corrected chi connectivity index (χ0v) is 12.4. The molecule has 0 aliphatic rings. The van der Waals surface area contributed by atoms with Crippen molar-refractivity contribution in [2.24, 2.45) is 0 Å². The van der Waals surface area contributed by atoms with Crippen LogP contribution in [0, 0.1) is 0 Å². The van der Waals surface area contributed by atoms with Gasteiger partial charge in [0.25, 0.3) is 0 Å². The summed E-state index contributed by atoms with van der Waals surface area (Å²) < 4.78 is 5.83. The van der Waals surface area contributed by atoms with Crippen molar-refractivity contribution in [3.05, 3.63) is 72.2 Å². The molecule has 0 saturated carbocycles. The molecule has 0 unspecified atom stereocenters. The molecule has 0 amide bonds. The molecule has 0 atom stereocenters. The fourth-order valence-electron chi connectivity index (χ4n) is 2.09. The van der Waals surface area contributed by atoms with Crippen LogP contribution < -0.4 is 4.74 Å². The van der Waals surface area contributed by atoms with Gasteiger partial charge in [-0.1, -0.05) is 37.3 Å². The second-order valence-electron chi connectivity index (χ2n) is 4.88. The molecular weight excluding hydrogens is 274 g/mol. The van der Waals surface area contributed by atoms with Crippen molar-refractivity contribution >= 4 is 0 Å². The lowest BCUT2D eigenvalue weighted by molar-refractivity contribution is 0.293. The zero-order valence-electron chi connectivity index (χ0n) is 12.4. The van der Waals surface area contributed by atoms with Crippen LogP contribution in [-0.2, 0) is 13.0 Å². The number of hydrogen-bond donors (Lipinski definition) is 0. The Morgan fingerprint density at radius 1 is 0.955 bits per heavy atom. The van der Waals surface area contributed by atoms with Gasteiger partial charge in [0, 0.05) is 29.7 Å². The van der Waals surface area contributed by atoms with Gasteiger partial charge in [0.2, 0.25) is 5.88 Å². The van der Waals surface area contributed by atoms with Crippen molar-refractivity contribution in [3.63, 3.8) is 0 Å². The van der Waals surface area contributed by atoms with Crippen molar-refractivity contribution < 1.29 is 4.74 Å². The fraction of sp³-hybridized carbons (Fsp3) is 0.167. The quantitative estimate of drug-likeness (QED) is 0.719. The molecule has 0 aliphatic heterocycles. The third-order valence-electron chi connectivity index (χ3n) is 3.29. The van der Waals surface area contributed by atoms with E-state index in [0.717, 1.165) is 23.2 Å². The molecule has 0 radical (unpaired) electrons. The highest BCUT2D eigenvalue weighted by Crippen LogP contribution is 2.19. The molecule has 2 aromatic heterocycles. The van der Waals surface area contributed by atoms with Crippen LogP contribution in [0.4, 0.5) is 0 Å². The number of aryl methyl sites for hydroxylation is 1. The second-order valence-corrected chi connectivity index (χ2v) is 4.88. The molecule has 3 rings (SSSR count). The minimum absolute atomic E-state index is 0.497. The lowest BCUT2D eigenvalue weighted by Gasteiger charge is -2.09. The van der Waals surface area contributed by atoms with E-state index in [9.17, 15) is 0 Å². The highest BCUT2D eigenvalue weighted by Gasteiger charge is 2.07. The maximum atomic E-state index is 5.83. The van der Waals surface area contributed by atoms with Gasteiger partial charge in [-0.25, -0.2) is 4.98 Å². The minimum Gasteiger partial charge on any atom is -0.473 e. The first-order valence-corrected chi connectivity index (χ1v) is 7.30. The van der Waals surface area contributed by atoms with Crippen molar-refractivity contribution in [1.82, 2.24) is 15.0 Å². The van der Waals surface area contributed by atoms with E-state index >= 15 is 0 Å². The van der Waals surface area contributed by atoms with Gasteiger partial charge < -0.3 is 4.74 Å². The minimum atomic E-state index is 0.497. The molecule has 4 heteroatoms. The van der Waals surface area contributed by atoms with Crippen molar-refractivity contribution in [1.29, 1.82) is 0 Å². The lowest BCUT2D eigenvalue weighted by atomic mass is 10.2. The van der Waals surface area contributed by atoms with Gasteiger partial charge in [0.15, 0.2) is 5.82 Å². The number of benzene rings is 1. The molecule has 1 aromatic carbocycles. The summed E-state index contributed by atoms with van der Waals surface area (Å²) in [5.41, 5.74) is 3.02. The molecule has 0 N–H and O–H groups in total. The number of aromatic nitrogens is 3. The topological polar surface area (TPSA) is 47.9 Å². The molecule has 0 saturated heterocycles. The Morgan fingerprint density at radius 3 is 2.45 bits per heavy atom. The van der Waals surface area contributed by atoms with E-state index in [2.05, 4.69) is 21.9 Å².